The second-order valence-electron chi connectivity index (χ2n) is 7.07. The highest BCUT2D eigenvalue weighted by Crippen LogP contribution is 2.20. The molecule has 1 saturated heterocycles. The Bertz CT molecular complexity index is 1000. The van der Waals surface area contributed by atoms with Crippen molar-refractivity contribution < 1.29 is 9.59 Å². The lowest BCUT2D eigenvalue weighted by Crippen LogP contribution is -2.46. The van der Waals surface area contributed by atoms with E-state index in [0.29, 0.717) is 29.2 Å². The van der Waals surface area contributed by atoms with E-state index >= 15 is 0 Å². The fourth-order valence-electron chi connectivity index (χ4n) is 3.69. The molecular weight excluding hydrogens is 372 g/mol. The van der Waals surface area contributed by atoms with Crippen LogP contribution in [0.2, 0.25) is 5.02 Å². The van der Waals surface area contributed by atoms with Gasteiger partial charge >= 0.3 is 0 Å². The van der Waals surface area contributed by atoms with Crippen molar-refractivity contribution in [2.75, 3.05) is 13.1 Å². The molecule has 4 nitrogen and oxygen atoms in total. The summed E-state index contributed by atoms with van der Waals surface area (Å²) in [5.74, 6) is -0.0465. The molecule has 2 amide bonds. The van der Waals surface area contributed by atoms with Crippen molar-refractivity contribution in [2.45, 2.75) is 18.9 Å². The molecule has 3 aromatic carbocycles. The van der Waals surface area contributed by atoms with Crippen molar-refractivity contribution in [2.24, 2.45) is 0 Å². The van der Waals surface area contributed by atoms with Crippen molar-refractivity contribution in [1.29, 1.82) is 0 Å². The second kappa shape index (κ2) is 8.03. The minimum absolute atomic E-state index is 0.00972. The second-order valence-corrected chi connectivity index (χ2v) is 7.51. The zero-order valence-corrected chi connectivity index (χ0v) is 16.2. The Balaban J connectivity index is 1.38. The fourth-order valence-corrected chi connectivity index (χ4v) is 3.81. The van der Waals surface area contributed by atoms with Gasteiger partial charge in [-0.3, -0.25) is 9.59 Å². The van der Waals surface area contributed by atoms with Gasteiger partial charge in [0.2, 0.25) is 0 Å². The van der Waals surface area contributed by atoms with E-state index in [0.717, 1.165) is 23.6 Å². The van der Waals surface area contributed by atoms with Gasteiger partial charge in [-0.2, -0.15) is 0 Å². The molecule has 0 unspecified atom stereocenters. The molecule has 5 heteroatoms. The summed E-state index contributed by atoms with van der Waals surface area (Å²) in [6.07, 6.45) is 1.49. The maximum atomic E-state index is 12.8. The number of rotatable bonds is 3. The van der Waals surface area contributed by atoms with E-state index < -0.39 is 0 Å². The predicted molar refractivity (Wildman–Crippen MR) is 112 cm³/mol. The van der Waals surface area contributed by atoms with E-state index in [1.807, 2.05) is 47.4 Å². The van der Waals surface area contributed by atoms with Crippen LogP contribution in [0.3, 0.4) is 0 Å². The van der Waals surface area contributed by atoms with Crippen LogP contribution in [-0.4, -0.2) is 35.8 Å². The molecule has 0 aliphatic carbocycles. The third-order valence-corrected chi connectivity index (χ3v) is 5.49. The zero-order valence-electron chi connectivity index (χ0n) is 15.4. The zero-order chi connectivity index (χ0) is 19.5. The number of likely N-dealkylation sites (tertiary alicyclic amines) is 1. The number of hydrogen-bond acceptors (Lipinski definition) is 2. The number of fused-ring (bicyclic) bond motifs is 1. The summed E-state index contributed by atoms with van der Waals surface area (Å²) < 4.78 is 0. The number of amides is 2. The van der Waals surface area contributed by atoms with Gasteiger partial charge in [0.15, 0.2) is 0 Å². The van der Waals surface area contributed by atoms with Crippen LogP contribution in [0, 0.1) is 0 Å². The molecule has 3 aromatic rings. The quantitative estimate of drug-likeness (QED) is 0.712. The van der Waals surface area contributed by atoms with Crippen LogP contribution in [0.4, 0.5) is 0 Å². The summed E-state index contributed by atoms with van der Waals surface area (Å²) in [5, 5.41) is 5.77. The number of halogens is 1. The van der Waals surface area contributed by atoms with Gasteiger partial charge in [0.25, 0.3) is 11.8 Å². The largest absolute Gasteiger partial charge is 0.349 e. The van der Waals surface area contributed by atoms with Gasteiger partial charge in [0, 0.05) is 35.3 Å². The van der Waals surface area contributed by atoms with E-state index in [9.17, 15) is 9.59 Å². The van der Waals surface area contributed by atoms with Crippen LogP contribution in [-0.2, 0) is 0 Å². The van der Waals surface area contributed by atoms with Gasteiger partial charge in [-0.25, -0.2) is 0 Å². The molecule has 0 aromatic heterocycles. The summed E-state index contributed by atoms with van der Waals surface area (Å²) in [7, 11) is 0. The predicted octanol–water partition coefficient (Wildman–Crippen LogP) is 4.53. The van der Waals surface area contributed by atoms with E-state index in [2.05, 4.69) is 5.32 Å². The average Bonchev–Trinajstić information content (AvgIpc) is 2.74. The molecule has 142 valence electrons. The first-order chi connectivity index (χ1) is 13.6. The van der Waals surface area contributed by atoms with Crippen molar-refractivity contribution in [1.82, 2.24) is 10.2 Å². The van der Waals surface area contributed by atoms with Crippen molar-refractivity contribution in [3.63, 3.8) is 0 Å². The number of piperidine rings is 1. The van der Waals surface area contributed by atoms with Crippen LogP contribution in [0.25, 0.3) is 10.8 Å². The molecule has 1 N–H and O–H groups in total. The lowest BCUT2D eigenvalue weighted by atomic mass is 10.0. The Morgan fingerprint density at radius 1 is 0.893 bits per heavy atom. The van der Waals surface area contributed by atoms with Crippen LogP contribution in [0.5, 0.6) is 0 Å². The molecule has 1 aliphatic rings. The number of nitrogens with zero attached hydrogens (tertiary/aromatic N) is 1. The Labute approximate surface area is 169 Å². The molecule has 4 rings (SSSR count). The van der Waals surface area contributed by atoms with Gasteiger partial charge in [0.1, 0.15) is 0 Å². The molecule has 28 heavy (non-hydrogen) atoms. The van der Waals surface area contributed by atoms with E-state index in [-0.39, 0.29) is 17.9 Å². The number of nitrogens with one attached hydrogen (secondary N) is 1. The Morgan fingerprint density at radius 3 is 2.32 bits per heavy atom. The SMILES string of the molecule is O=C(NC1CCN(C(=O)c2ccc(Cl)cc2)CC1)c1cccc2ccccc12. The van der Waals surface area contributed by atoms with Gasteiger partial charge in [-0.1, -0.05) is 48.0 Å². The third-order valence-electron chi connectivity index (χ3n) is 5.24. The summed E-state index contributed by atoms with van der Waals surface area (Å²) >= 11 is 5.89. The highest BCUT2D eigenvalue weighted by molar-refractivity contribution is 6.30. The number of hydrogen-bond donors (Lipinski definition) is 1. The van der Waals surface area contributed by atoms with Gasteiger partial charge in [-0.05, 0) is 53.9 Å². The molecule has 0 spiro atoms. The first-order valence-electron chi connectivity index (χ1n) is 9.45. The summed E-state index contributed by atoms with van der Waals surface area (Å²) in [6.45, 7) is 1.25. The van der Waals surface area contributed by atoms with Gasteiger partial charge < -0.3 is 10.2 Å². The number of benzene rings is 3. The average molecular weight is 393 g/mol. The molecule has 1 heterocycles. The topological polar surface area (TPSA) is 49.4 Å². The highest BCUT2D eigenvalue weighted by atomic mass is 35.5. The first kappa shape index (κ1) is 18.5. The van der Waals surface area contributed by atoms with Crippen molar-refractivity contribution >= 4 is 34.2 Å². The normalized spacial score (nSPS) is 14.8. The fraction of sp³-hybridized carbons (Fsp3) is 0.217. The first-order valence-corrected chi connectivity index (χ1v) is 9.83. The summed E-state index contributed by atoms with van der Waals surface area (Å²) in [5.41, 5.74) is 1.33. The maximum Gasteiger partial charge on any atom is 0.253 e. The molecule has 1 fully saturated rings. The molecule has 0 saturated carbocycles. The van der Waals surface area contributed by atoms with Crippen LogP contribution in [0.1, 0.15) is 33.6 Å². The van der Waals surface area contributed by atoms with Gasteiger partial charge in [0.05, 0.1) is 0 Å². The van der Waals surface area contributed by atoms with Crippen LogP contribution >= 0.6 is 11.6 Å². The van der Waals surface area contributed by atoms with E-state index in [1.165, 1.54) is 0 Å². The van der Waals surface area contributed by atoms with Crippen LogP contribution < -0.4 is 5.32 Å². The van der Waals surface area contributed by atoms with Crippen molar-refractivity contribution in [3.05, 3.63) is 82.9 Å². The smallest absolute Gasteiger partial charge is 0.253 e. The van der Waals surface area contributed by atoms with Crippen LogP contribution in [0.15, 0.2) is 66.7 Å². The summed E-state index contributed by atoms with van der Waals surface area (Å²) in [6, 6.07) is 20.7. The Kier molecular flexibility index (Phi) is 5.31. The molecule has 0 radical (unpaired) electrons. The minimum atomic E-state index is -0.0562. The number of carbonyl (C=O) groups is 2. The van der Waals surface area contributed by atoms with Gasteiger partial charge in [-0.15, -0.1) is 0 Å². The number of carbonyl (C=O) groups excluding carboxylic acids is 2. The third kappa shape index (κ3) is 3.87. The molecular formula is C23H21ClN2O2. The minimum Gasteiger partial charge on any atom is -0.349 e. The lowest BCUT2D eigenvalue weighted by molar-refractivity contribution is 0.0698. The summed E-state index contributed by atoms with van der Waals surface area (Å²) in [4.78, 5) is 27.2. The standard InChI is InChI=1S/C23H21ClN2O2/c24-18-10-8-17(9-11-18)23(28)26-14-12-19(13-15-26)25-22(27)21-7-3-5-16-4-1-2-6-20(16)21/h1-11,19H,12-15H2,(H,25,27). The van der Waals surface area contributed by atoms with E-state index in [1.54, 1.807) is 24.3 Å². The molecule has 0 bridgehead atoms. The lowest BCUT2D eigenvalue weighted by Gasteiger charge is -2.32. The van der Waals surface area contributed by atoms with Crippen molar-refractivity contribution in [3.8, 4) is 0 Å². The Hall–Kier alpha value is -2.85. The monoisotopic (exact) mass is 392 g/mol. The highest BCUT2D eigenvalue weighted by Gasteiger charge is 2.25. The maximum absolute atomic E-state index is 12.8. The Morgan fingerprint density at radius 2 is 1.57 bits per heavy atom. The van der Waals surface area contributed by atoms with E-state index in [4.69, 9.17) is 11.6 Å². The molecule has 1 aliphatic heterocycles. The molecule has 0 atom stereocenters.